The Morgan fingerprint density at radius 1 is 1.05 bits per heavy atom. The first kappa shape index (κ1) is 28.1. The molecule has 11 nitrogen and oxygen atoms in total. The largest absolute Gasteiger partial charge is 0.493 e. The van der Waals surface area contributed by atoms with E-state index < -0.39 is 27.8 Å². The van der Waals surface area contributed by atoms with Gasteiger partial charge in [0.2, 0.25) is 0 Å². The zero-order valence-corrected chi connectivity index (χ0v) is 23.9. The van der Waals surface area contributed by atoms with Crippen LogP contribution in [0.15, 0.2) is 48.5 Å². The van der Waals surface area contributed by atoms with Gasteiger partial charge in [-0.05, 0) is 68.8 Å². The van der Waals surface area contributed by atoms with Gasteiger partial charge < -0.3 is 19.5 Å². The standard InChI is InChI=1S/C29H30N4O7S/c1-5-40-29(35)18-6-9-20(10-7-18)30-28(34)22-15-23(19-8-11-24(38-3)25(14-19)39-4)31-27-26(22)17(2)32-33(27)21-12-13-41(36,37)16-21/h6-11,14-15,21H,5,12-13,16H2,1-4H3,(H,30,34). The molecule has 1 unspecified atom stereocenters. The summed E-state index contributed by atoms with van der Waals surface area (Å²) < 4.78 is 42.0. The number of carbonyl (C=O) groups is 2. The Morgan fingerprint density at radius 2 is 1.78 bits per heavy atom. The summed E-state index contributed by atoms with van der Waals surface area (Å²) in [6.45, 7) is 3.76. The van der Waals surface area contributed by atoms with Crippen molar-refractivity contribution in [1.29, 1.82) is 0 Å². The fourth-order valence-electron chi connectivity index (χ4n) is 4.96. The van der Waals surface area contributed by atoms with E-state index >= 15 is 0 Å². The summed E-state index contributed by atoms with van der Waals surface area (Å²) in [5, 5.41) is 8.06. The quantitative estimate of drug-likeness (QED) is 0.305. The van der Waals surface area contributed by atoms with E-state index in [4.69, 9.17) is 19.2 Å². The number of nitrogens with one attached hydrogen (secondary N) is 1. The van der Waals surface area contributed by atoms with Crippen LogP contribution in [-0.2, 0) is 14.6 Å². The number of rotatable bonds is 8. The molecule has 2 aromatic heterocycles. The Morgan fingerprint density at radius 3 is 2.41 bits per heavy atom. The minimum Gasteiger partial charge on any atom is -0.493 e. The molecule has 41 heavy (non-hydrogen) atoms. The van der Waals surface area contributed by atoms with Crippen LogP contribution in [0.3, 0.4) is 0 Å². The van der Waals surface area contributed by atoms with Gasteiger partial charge >= 0.3 is 5.97 Å². The zero-order chi connectivity index (χ0) is 29.3. The molecule has 1 aliphatic heterocycles. The lowest BCUT2D eigenvalue weighted by atomic mass is 10.0. The van der Waals surface area contributed by atoms with Crippen LogP contribution in [0.2, 0.25) is 0 Å². The molecule has 1 atom stereocenters. The lowest BCUT2D eigenvalue weighted by molar-refractivity contribution is 0.0526. The average Bonchev–Trinajstić information content (AvgIpc) is 3.50. The minimum atomic E-state index is -3.19. The van der Waals surface area contributed by atoms with Gasteiger partial charge in [-0.3, -0.25) is 4.79 Å². The number of fused-ring (bicyclic) bond motifs is 1. The van der Waals surface area contributed by atoms with Crippen molar-refractivity contribution in [2.75, 3.05) is 37.6 Å². The number of anilines is 1. The molecule has 0 aliphatic carbocycles. The van der Waals surface area contributed by atoms with Crippen LogP contribution in [0.5, 0.6) is 11.5 Å². The second-order valence-corrected chi connectivity index (χ2v) is 11.9. The number of ether oxygens (including phenoxy) is 3. The maximum absolute atomic E-state index is 13.7. The third-order valence-electron chi connectivity index (χ3n) is 6.97. The molecule has 1 N–H and O–H groups in total. The average molecular weight is 579 g/mol. The Hall–Kier alpha value is -4.45. The van der Waals surface area contributed by atoms with E-state index in [2.05, 4.69) is 10.4 Å². The van der Waals surface area contributed by atoms with Crippen LogP contribution in [-0.4, -0.2) is 67.4 Å². The summed E-state index contributed by atoms with van der Waals surface area (Å²) in [7, 11) is -0.121. The number of carbonyl (C=O) groups excluding carboxylic acids is 2. The van der Waals surface area contributed by atoms with Gasteiger partial charge in [-0.25, -0.2) is 22.9 Å². The maximum atomic E-state index is 13.7. The van der Waals surface area contributed by atoms with Crippen molar-refractivity contribution in [3.05, 3.63) is 65.4 Å². The Labute approximate surface area is 237 Å². The van der Waals surface area contributed by atoms with Crippen molar-refractivity contribution in [3.63, 3.8) is 0 Å². The minimum absolute atomic E-state index is 0.0418. The predicted octanol–water partition coefficient (Wildman–Crippen LogP) is 4.21. The topological polar surface area (TPSA) is 139 Å². The highest BCUT2D eigenvalue weighted by atomic mass is 32.2. The fraction of sp³-hybridized carbons (Fsp3) is 0.310. The van der Waals surface area contributed by atoms with Gasteiger partial charge in [-0.1, -0.05) is 0 Å². The molecule has 1 fully saturated rings. The van der Waals surface area contributed by atoms with Crippen LogP contribution in [0.1, 0.15) is 45.8 Å². The second kappa shape index (κ2) is 11.2. The number of aromatic nitrogens is 3. The second-order valence-electron chi connectivity index (χ2n) is 9.66. The summed E-state index contributed by atoms with van der Waals surface area (Å²) in [4.78, 5) is 30.6. The van der Waals surface area contributed by atoms with Crippen molar-refractivity contribution >= 4 is 38.4 Å². The van der Waals surface area contributed by atoms with Crippen molar-refractivity contribution in [2.24, 2.45) is 0 Å². The van der Waals surface area contributed by atoms with Crippen molar-refractivity contribution in [3.8, 4) is 22.8 Å². The van der Waals surface area contributed by atoms with E-state index in [-0.39, 0.29) is 18.1 Å². The predicted molar refractivity (Wildman–Crippen MR) is 153 cm³/mol. The molecule has 3 heterocycles. The highest BCUT2D eigenvalue weighted by Gasteiger charge is 2.32. The molecule has 1 aliphatic rings. The Bertz CT molecular complexity index is 1750. The molecule has 4 aromatic rings. The monoisotopic (exact) mass is 578 g/mol. The summed E-state index contributed by atoms with van der Waals surface area (Å²) in [5.74, 6) is 0.204. The SMILES string of the molecule is CCOC(=O)c1ccc(NC(=O)c2cc(-c3ccc(OC)c(OC)c3)nc3c2c(C)nn3C2CCS(=O)(=O)C2)cc1. The summed E-state index contributed by atoms with van der Waals surface area (Å²) >= 11 is 0. The third kappa shape index (κ3) is 5.60. The lowest BCUT2D eigenvalue weighted by Gasteiger charge is -2.14. The third-order valence-corrected chi connectivity index (χ3v) is 8.72. The normalized spacial score (nSPS) is 16.0. The summed E-state index contributed by atoms with van der Waals surface area (Å²) in [6, 6.07) is 13.0. The van der Waals surface area contributed by atoms with Crippen molar-refractivity contribution in [2.45, 2.75) is 26.3 Å². The lowest BCUT2D eigenvalue weighted by Crippen LogP contribution is -2.15. The molecule has 5 rings (SSSR count). The Balaban J connectivity index is 1.61. The number of methoxy groups -OCH3 is 2. The molecule has 214 valence electrons. The van der Waals surface area contributed by atoms with Crippen molar-refractivity contribution in [1.82, 2.24) is 14.8 Å². The molecule has 1 saturated heterocycles. The number of amides is 1. The number of nitrogens with zero attached hydrogens (tertiary/aromatic N) is 3. The summed E-state index contributed by atoms with van der Waals surface area (Å²) in [5.41, 5.74) is 3.28. The zero-order valence-electron chi connectivity index (χ0n) is 23.1. The smallest absolute Gasteiger partial charge is 0.338 e. The van der Waals surface area contributed by atoms with E-state index in [1.807, 2.05) is 0 Å². The van der Waals surface area contributed by atoms with Crippen LogP contribution in [0.25, 0.3) is 22.3 Å². The Kier molecular flexibility index (Phi) is 7.68. The van der Waals surface area contributed by atoms with E-state index in [0.29, 0.717) is 62.7 Å². The van der Waals surface area contributed by atoms with Crippen LogP contribution in [0, 0.1) is 6.92 Å². The number of hydrogen-bond acceptors (Lipinski definition) is 9. The van der Waals surface area contributed by atoms with Crippen LogP contribution < -0.4 is 14.8 Å². The van der Waals surface area contributed by atoms with E-state index in [1.165, 1.54) is 7.11 Å². The van der Waals surface area contributed by atoms with E-state index in [1.54, 1.807) is 74.2 Å². The van der Waals surface area contributed by atoms with Crippen LogP contribution in [0.4, 0.5) is 5.69 Å². The molecule has 0 spiro atoms. The van der Waals surface area contributed by atoms with Gasteiger partial charge in [-0.15, -0.1) is 0 Å². The number of pyridine rings is 1. The molecule has 0 radical (unpaired) electrons. The number of hydrogen-bond donors (Lipinski definition) is 1. The van der Waals surface area contributed by atoms with Crippen LogP contribution >= 0.6 is 0 Å². The maximum Gasteiger partial charge on any atom is 0.338 e. The number of esters is 1. The first-order valence-electron chi connectivity index (χ1n) is 13.0. The molecule has 2 aromatic carbocycles. The van der Waals surface area contributed by atoms with Gasteiger partial charge in [0.15, 0.2) is 27.0 Å². The number of aryl methyl sites for hydroxylation is 1. The van der Waals surface area contributed by atoms with E-state index in [0.717, 1.165) is 0 Å². The molecular formula is C29H30N4O7S. The highest BCUT2D eigenvalue weighted by Crippen LogP contribution is 2.35. The van der Waals surface area contributed by atoms with Gasteiger partial charge in [0.25, 0.3) is 5.91 Å². The molecule has 12 heteroatoms. The molecule has 1 amide bonds. The fourth-order valence-corrected chi connectivity index (χ4v) is 6.65. The van der Waals surface area contributed by atoms with Gasteiger partial charge in [0.05, 0.1) is 66.3 Å². The summed E-state index contributed by atoms with van der Waals surface area (Å²) in [6.07, 6.45) is 0.412. The van der Waals surface area contributed by atoms with Gasteiger partial charge in [0.1, 0.15) is 0 Å². The molecule has 0 bridgehead atoms. The van der Waals surface area contributed by atoms with Gasteiger partial charge in [-0.2, -0.15) is 5.10 Å². The molecular weight excluding hydrogens is 548 g/mol. The first-order valence-corrected chi connectivity index (χ1v) is 14.9. The van der Waals surface area contributed by atoms with E-state index in [9.17, 15) is 18.0 Å². The van der Waals surface area contributed by atoms with Crippen molar-refractivity contribution < 1.29 is 32.2 Å². The van der Waals surface area contributed by atoms with Gasteiger partial charge in [0, 0.05) is 11.3 Å². The highest BCUT2D eigenvalue weighted by molar-refractivity contribution is 7.91. The first-order chi connectivity index (χ1) is 19.6. The number of sulfone groups is 1. The number of benzene rings is 2. The molecule has 0 saturated carbocycles.